The highest BCUT2D eigenvalue weighted by Crippen LogP contribution is 2.20. The van der Waals surface area contributed by atoms with E-state index in [4.69, 9.17) is 5.73 Å². The van der Waals surface area contributed by atoms with Crippen LogP contribution in [0, 0.1) is 6.92 Å². The molecule has 3 nitrogen and oxygen atoms in total. The average molecular weight is 261 g/mol. The first-order valence-electron chi connectivity index (χ1n) is 6.20. The third kappa shape index (κ3) is 3.29. The fraction of sp³-hybridized carbons (Fsp3) is 0.357. The zero-order valence-electron chi connectivity index (χ0n) is 10.9. The van der Waals surface area contributed by atoms with Crippen LogP contribution >= 0.6 is 11.8 Å². The van der Waals surface area contributed by atoms with Crippen molar-refractivity contribution >= 4 is 17.6 Å². The maximum absolute atomic E-state index is 5.98. The van der Waals surface area contributed by atoms with E-state index >= 15 is 0 Å². The second kappa shape index (κ2) is 5.96. The Kier molecular flexibility index (Phi) is 4.31. The Morgan fingerprint density at radius 1 is 1.28 bits per heavy atom. The number of thioether (sulfide) groups is 1. The monoisotopic (exact) mass is 261 g/mol. The summed E-state index contributed by atoms with van der Waals surface area (Å²) < 4.78 is 1.86. The van der Waals surface area contributed by atoms with Crippen molar-refractivity contribution in [1.29, 1.82) is 0 Å². The Hall–Kier alpha value is -1.42. The molecule has 2 N–H and O–H groups in total. The van der Waals surface area contributed by atoms with Crippen LogP contribution in [0.2, 0.25) is 0 Å². The molecule has 0 saturated heterocycles. The minimum Gasteiger partial charge on any atom is -0.384 e. The number of nitrogens with two attached hydrogens (primary N) is 1. The first-order chi connectivity index (χ1) is 8.69. The number of aromatic nitrogens is 2. The SMILES string of the molecule is CCCSc1cc(N)n(Cc2ccc(C)cc2)n1. The zero-order valence-corrected chi connectivity index (χ0v) is 11.7. The molecule has 0 bridgehead atoms. The lowest BCUT2D eigenvalue weighted by molar-refractivity contribution is 0.675. The highest BCUT2D eigenvalue weighted by Gasteiger charge is 2.05. The quantitative estimate of drug-likeness (QED) is 0.840. The lowest BCUT2D eigenvalue weighted by Gasteiger charge is -2.04. The molecule has 0 saturated carbocycles. The van der Waals surface area contributed by atoms with Crippen molar-refractivity contribution in [3.05, 3.63) is 41.5 Å². The lowest BCUT2D eigenvalue weighted by atomic mass is 10.1. The van der Waals surface area contributed by atoms with Gasteiger partial charge in [0.1, 0.15) is 10.8 Å². The van der Waals surface area contributed by atoms with E-state index in [-0.39, 0.29) is 0 Å². The molecule has 0 unspecified atom stereocenters. The van der Waals surface area contributed by atoms with Crippen LogP contribution in [0.4, 0.5) is 5.82 Å². The van der Waals surface area contributed by atoms with Gasteiger partial charge in [-0.15, -0.1) is 11.8 Å². The summed E-state index contributed by atoms with van der Waals surface area (Å²) in [6.45, 7) is 4.99. The zero-order chi connectivity index (χ0) is 13.0. The van der Waals surface area contributed by atoms with Crippen LogP contribution < -0.4 is 5.73 Å². The summed E-state index contributed by atoms with van der Waals surface area (Å²) in [5.41, 5.74) is 8.47. The third-order valence-corrected chi connectivity index (χ3v) is 3.80. The number of nitrogens with zero attached hydrogens (tertiary/aromatic N) is 2. The molecule has 2 aromatic rings. The molecule has 0 fully saturated rings. The van der Waals surface area contributed by atoms with Gasteiger partial charge in [-0.2, -0.15) is 5.10 Å². The van der Waals surface area contributed by atoms with E-state index in [2.05, 4.69) is 43.2 Å². The largest absolute Gasteiger partial charge is 0.384 e. The van der Waals surface area contributed by atoms with E-state index in [1.165, 1.54) is 11.1 Å². The Balaban J connectivity index is 2.08. The van der Waals surface area contributed by atoms with Crippen LogP contribution in [0.5, 0.6) is 0 Å². The fourth-order valence-corrected chi connectivity index (χ4v) is 2.45. The normalized spacial score (nSPS) is 10.8. The van der Waals surface area contributed by atoms with E-state index in [9.17, 15) is 0 Å². The van der Waals surface area contributed by atoms with Crippen LogP contribution in [0.1, 0.15) is 24.5 Å². The van der Waals surface area contributed by atoms with E-state index in [0.717, 1.165) is 29.6 Å². The van der Waals surface area contributed by atoms with Gasteiger partial charge in [0.25, 0.3) is 0 Å². The maximum Gasteiger partial charge on any atom is 0.123 e. The minimum absolute atomic E-state index is 0.731. The Morgan fingerprint density at radius 2 is 2.00 bits per heavy atom. The molecule has 0 radical (unpaired) electrons. The van der Waals surface area contributed by atoms with Crippen LogP contribution in [-0.2, 0) is 6.54 Å². The van der Waals surface area contributed by atoms with Gasteiger partial charge in [-0.25, -0.2) is 4.68 Å². The number of aryl methyl sites for hydroxylation is 1. The minimum atomic E-state index is 0.731. The number of benzene rings is 1. The van der Waals surface area contributed by atoms with Gasteiger partial charge in [0.05, 0.1) is 6.54 Å². The summed E-state index contributed by atoms with van der Waals surface area (Å²) in [5.74, 6) is 1.82. The van der Waals surface area contributed by atoms with Gasteiger partial charge >= 0.3 is 0 Å². The molecule has 0 amide bonds. The molecule has 0 atom stereocenters. The van der Waals surface area contributed by atoms with Crippen molar-refractivity contribution in [3.8, 4) is 0 Å². The summed E-state index contributed by atoms with van der Waals surface area (Å²) in [5, 5.41) is 5.53. The predicted octanol–water partition coefficient (Wildman–Crippen LogP) is 3.32. The summed E-state index contributed by atoms with van der Waals surface area (Å²) >= 11 is 1.76. The highest BCUT2D eigenvalue weighted by molar-refractivity contribution is 7.99. The number of hydrogen-bond acceptors (Lipinski definition) is 3. The molecule has 0 aliphatic rings. The Bertz CT molecular complexity index is 502. The van der Waals surface area contributed by atoms with E-state index in [1.807, 2.05) is 10.7 Å². The molecule has 0 aliphatic heterocycles. The summed E-state index contributed by atoms with van der Waals surface area (Å²) in [7, 11) is 0. The van der Waals surface area contributed by atoms with E-state index in [1.54, 1.807) is 11.8 Å². The van der Waals surface area contributed by atoms with Crippen LogP contribution in [0.3, 0.4) is 0 Å². The average Bonchev–Trinajstić information content (AvgIpc) is 2.70. The van der Waals surface area contributed by atoms with E-state index < -0.39 is 0 Å². The van der Waals surface area contributed by atoms with Crippen molar-refractivity contribution < 1.29 is 0 Å². The van der Waals surface area contributed by atoms with Crippen molar-refractivity contribution in [2.24, 2.45) is 0 Å². The van der Waals surface area contributed by atoms with Gasteiger partial charge < -0.3 is 5.73 Å². The first kappa shape index (κ1) is 13.0. The van der Waals surface area contributed by atoms with Gasteiger partial charge in [-0.1, -0.05) is 36.8 Å². The van der Waals surface area contributed by atoms with Crippen molar-refractivity contribution in [2.45, 2.75) is 31.8 Å². The molecule has 2 rings (SSSR count). The molecule has 1 aromatic heterocycles. The molecule has 0 aliphatic carbocycles. The van der Waals surface area contributed by atoms with Crippen molar-refractivity contribution in [2.75, 3.05) is 11.5 Å². The summed E-state index contributed by atoms with van der Waals surface area (Å²) in [6.07, 6.45) is 1.15. The van der Waals surface area contributed by atoms with Gasteiger partial charge in [0.2, 0.25) is 0 Å². The molecular weight excluding hydrogens is 242 g/mol. The number of rotatable bonds is 5. The topological polar surface area (TPSA) is 43.8 Å². The summed E-state index contributed by atoms with van der Waals surface area (Å²) in [6, 6.07) is 10.4. The molecule has 18 heavy (non-hydrogen) atoms. The van der Waals surface area contributed by atoms with Crippen LogP contribution in [0.15, 0.2) is 35.4 Å². The van der Waals surface area contributed by atoms with Crippen LogP contribution in [0.25, 0.3) is 0 Å². The Labute approximate surface area is 112 Å². The molecule has 4 heteroatoms. The standard InChI is InChI=1S/C14H19N3S/c1-3-8-18-14-9-13(15)17(16-14)10-12-6-4-11(2)5-7-12/h4-7,9H,3,8,10,15H2,1-2H3. The molecule has 0 spiro atoms. The van der Waals surface area contributed by atoms with Crippen molar-refractivity contribution in [3.63, 3.8) is 0 Å². The highest BCUT2D eigenvalue weighted by atomic mass is 32.2. The van der Waals surface area contributed by atoms with Gasteiger partial charge in [-0.3, -0.25) is 0 Å². The number of nitrogen functional groups attached to an aromatic ring is 1. The van der Waals surface area contributed by atoms with Gasteiger partial charge in [0, 0.05) is 6.07 Å². The molecule has 1 aromatic carbocycles. The molecule has 96 valence electrons. The Morgan fingerprint density at radius 3 is 2.67 bits per heavy atom. The second-order valence-electron chi connectivity index (χ2n) is 4.40. The number of hydrogen-bond donors (Lipinski definition) is 1. The summed E-state index contributed by atoms with van der Waals surface area (Å²) in [4.78, 5) is 0. The number of anilines is 1. The van der Waals surface area contributed by atoms with Gasteiger partial charge in [-0.05, 0) is 24.7 Å². The molecule has 1 heterocycles. The van der Waals surface area contributed by atoms with Crippen LogP contribution in [-0.4, -0.2) is 15.5 Å². The second-order valence-corrected chi connectivity index (χ2v) is 5.51. The van der Waals surface area contributed by atoms with Crippen molar-refractivity contribution in [1.82, 2.24) is 9.78 Å². The maximum atomic E-state index is 5.98. The third-order valence-electron chi connectivity index (χ3n) is 2.70. The fourth-order valence-electron chi connectivity index (χ4n) is 1.68. The predicted molar refractivity (Wildman–Crippen MR) is 77.9 cm³/mol. The first-order valence-corrected chi connectivity index (χ1v) is 7.19. The molecular formula is C14H19N3S. The lowest BCUT2D eigenvalue weighted by Crippen LogP contribution is -2.05. The van der Waals surface area contributed by atoms with E-state index in [0.29, 0.717) is 0 Å². The van der Waals surface area contributed by atoms with Gasteiger partial charge in [0.15, 0.2) is 0 Å². The smallest absolute Gasteiger partial charge is 0.123 e.